The SMILES string of the molecule is O=C(Nc1cnn(C2CCOCC2)c1)C(O)c1ccccc1. The smallest absolute Gasteiger partial charge is 0.257 e. The van der Waals surface area contributed by atoms with E-state index in [0.29, 0.717) is 17.3 Å². The highest BCUT2D eigenvalue weighted by atomic mass is 16.5. The van der Waals surface area contributed by atoms with E-state index in [1.807, 2.05) is 10.7 Å². The molecule has 3 rings (SSSR count). The highest BCUT2D eigenvalue weighted by Crippen LogP contribution is 2.22. The van der Waals surface area contributed by atoms with E-state index in [-0.39, 0.29) is 0 Å². The van der Waals surface area contributed by atoms with Gasteiger partial charge in [0.2, 0.25) is 0 Å². The molecule has 6 heteroatoms. The van der Waals surface area contributed by atoms with Gasteiger partial charge in [-0.15, -0.1) is 0 Å². The van der Waals surface area contributed by atoms with Crippen LogP contribution in [0, 0.1) is 0 Å². The summed E-state index contributed by atoms with van der Waals surface area (Å²) in [7, 11) is 0. The molecule has 0 bridgehead atoms. The second kappa shape index (κ2) is 6.72. The fourth-order valence-corrected chi connectivity index (χ4v) is 2.55. The number of nitrogens with one attached hydrogen (secondary N) is 1. The summed E-state index contributed by atoms with van der Waals surface area (Å²) in [4.78, 5) is 12.1. The van der Waals surface area contributed by atoms with Crippen molar-refractivity contribution in [3.63, 3.8) is 0 Å². The lowest BCUT2D eigenvalue weighted by atomic mass is 10.1. The number of ether oxygens (including phenoxy) is 1. The van der Waals surface area contributed by atoms with Crippen molar-refractivity contribution in [1.82, 2.24) is 9.78 Å². The van der Waals surface area contributed by atoms with Gasteiger partial charge in [0.25, 0.3) is 5.91 Å². The van der Waals surface area contributed by atoms with E-state index in [2.05, 4.69) is 10.4 Å². The van der Waals surface area contributed by atoms with Crippen LogP contribution >= 0.6 is 0 Å². The van der Waals surface area contributed by atoms with Crippen LogP contribution in [0.1, 0.15) is 30.6 Å². The molecule has 1 saturated heterocycles. The van der Waals surface area contributed by atoms with Crippen LogP contribution in [0.25, 0.3) is 0 Å². The summed E-state index contributed by atoms with van der Waals surface area (Å²) in [6.45, 7) is 1.47. The predicted octanol–water partition coefficient (Wildman–Crippen LogP) is 1.91. The number of nitrogens with zero attached hydrogens (tertiary/aromatic N) is 2. The first-order valence-corrected chi connectivity index (χ1v) is 7.40. The van der Waals surface area contributed by atoms with Gasteiger partial charge in [-0.05, 0) is 18.4 Å². The minimum atomic E-state index is -1.19. The lowest BCUT2D eigenvalue weighted by molar-refractivity contribution is -0.124. The molecule has 1 amide bonds. The second-order valence-electron chi connectivity index (χ2n) is 5.36. The molecule has 22 heavy (non-hydrogen) atoms. The van der Waals surface area contributed by atoms with Crippen LogP contribution in [0.3, 0.4) is 0 Å². The summed E-state index contributed by atoms with van der Waals surface area (Å²) < 4.78 is 7.18. The molecule has 2 aromatic rings. The number of aromatic nitrogens is 2. The highest BCUT2D eigenvalue weighted by molar-refractivity contribution is 5.94. The molecule has 116 valence electrons. The Hall–Kier alpha value is -2.18. The molecule has 0 aliphatic carbocycles. The van der Waals surface area contributed by atoms with E-state index in [1.165, 1.54) is 0 Å². The normalized spacial score (nSPS) is 17.1. The van der Waals surface area contributed by atoms with Crippen molar-refractivity contribution in [1.29, 1.82) is 0 Å². The van der Waals surface area contributed by atoms with Crippen molar-refractivity contribution in [3.05, 3.63) is 48.3 Å². The van der Waals surface area contributed by atoms with Crippen LogP contribution in [0.5, 0.6) is 0 Å². The average Bonchev–Trinajstić information content (AvgIpc) is 3.04. The van der Waals surface area contributed by atoms with E-state index in [1.54, 1.807) is 36.7 Å². The molecule has 6 nitrogen and oxygen atoms in total. The summed E-state index contributed by atoms with van der Waals surface area (Å²) >= 11 is 0. The van der Waals surface area contributed by atoms with Crippen molar-refractivity contribution in [2.24, 2.45) is 0 Å². The van der Waals surface area contributed by atoms with Crippen LogP contribution in [-0.2, 0) is 9.53 Å². The van der Waals surface area contributed by atoms with Gasteiger partial charge in [-0.1, -0.05) is 30.3 Å². The van der Waals surface area contributed by atoms with Gasteiger partial charge in [0.05, 0.1) is 17.9 Å². The maximum Gasteiger partial charge on any atom is 0.257 e. The van der Waals surface area contributed by atoms with Crippen molar-refractivity contribution in [2.75, 3.05) is 18.5 Å². The molecule has 1 aromatic carbocycles. The lowest BCUT2D eigenvalue weighted by Crippen LogP contribution is -2.21. The number of benzene rings is 1. The zero-order valence-electron chi connectivity index (χ0n) is 12.2. The molecule has 1 aliphatic rings. The van der Waals surface area contributed by atoms with Gasteiger partial charge < -0.3 is 15.2 Å². The Bertz CT molecular complexity index is 621. The summed E-state index contributed by atoms with van der Waals surface area (Å²) in [5.74, 6) is -0.460. The van der Waals surface area contributed by atoms with Crippen LogP contribution in [0.15, 0.2) is 42.7 Å². The summed E-state index contributed by atoms with van der Waals surface area (Å²) in [5.41, 5.74) is 1.16. The lowest BCUT2D eigenvalue weighted by Gasteiger charge is -2.22. The quantitative estimate of drug-likeness (QED) is 0.904. The Labute approximate surface area is 128 Å². The van der Waals surface area contributed by atoms with E-state index in [0.717, 1.165) is 26.1 Å². The second-order valence-corrected chi connectivity index (χ2v) is 5.36. The fraction of sp³-hybridized carbons (Fsp3) is 0.375. The molecule has 1 fully saturated rings. The standard InChI is InChI=1S/C16H19N3O3/c20-15(12-4-2-1-3-5-12)16(21)18-13-10-17-19(11-13)14-6-8-22-9-7-14/h1-5,10-11,14-15,20H,6-9H2,(H,18,21). The van der Waals surface area contributed by atoms with E-state index in [4.69, 9.17) is 4.74 Å². The van der Waals surface area contributed by atoms with Gasteiger partial charge >= 0.3 is 0 Å². The van der Waals surface area contributed by atoms with E-state index in [9.17, 15) is 9.90 Å². The zero-order chi connectivity index (χ0) is 15.4. The average molecular weight is 301 g/mol. The van der Waals surface area contributed by atoms with Gasteiger partial charge in [0.1, 0.15) is 0 Å². The van der Waals surface area contributed by atoms with Crippen molar-refractivity contribution >= 4 is 11.6 Å². The van der Waals surface area contributed by atoms with Gasteiger partial charge in [0.15, 0.2) is 6.10 Å². The van der Waals surface area contributed by atoms with Gasteiger partial charge in [0, 0.05) is 19.4 Å². The van der Waals surface area contributed by atoms with Crippen LogP contribution in [0.2, 0.25) is 0 Å². The Morgan fingerprint density at radius 3 is 2.77 bits per heavy atom. The molecule has 0 spiro atoms. The van der Waals surface area contributed by atoms with E-state index >= 15 is 0 Å². The molecule has 1 aromatic heterocycles. The molecular weight excluding hydrogens is 282 g/mol. The van der Waals surface area contributed by atoms with Crippen molar-refractivity contribution < 1.29 is 14.6 Å². The number of carbonyl (C=O) groups excluding carboxylic acids is 1. The topological polar surface area (TPSA) is 76.4 Å². The van der Waals surface area contributed by atoms with Crippen molar-refractivity contribution in [3.8, 4) is 0 Å². The van der Waals surface area contributed by atoms with Crippen LogP contribution in [0.4, 0.5) is 5.69 Å². The maximum absolute atomic E-state index is 12.1. The third-order valence-corrected chi connectivity index (χ3v) is 3.80. The van der Waals surface area contributed by atoms with Gasteiger partial charge in [-0.25, -0.2) is 0 Å². The minimum Gasteiger partial charge on any atom is -0.381 e. The Morgan fingerprint density at radius 1 is 1.32 bits per heavy atom. The first-order valence-electron chi connectivity index (χ1n) is 7.40. The molecule has 2 N–H and O–H groups in total. The molecular formula is C16H19N3O3. The minimum absolute atomic E-state index is 0.304. The summed E-state index contributed by atoms with van der Waals surface area (Å²) in [5, 5.41) is 17.0. The van der Waals surface area contributed by atoms with Gasteiger partial charge in [-0.2, -0.15) is 5.10 Å². The molecule has 1 unspecified atom stereocenters. The Kier molecular flexibility index (Phi) is 4.50. The van der Waals surface area contributed by atoms with E-state index < -0.39 is 12.0 Å². The number of aliphatic hydroxyl groups excluding tert-OH is 1. The number of aliphatic hydroxyl groups is 1. The highest BCUT2D eigenvalue weighted by Gasteiger charge is 2.19. The number of hydrogen-bond acceptors (Lipinski definition) is 4. The molecule has 1 atom stereocenters. The number of amides is 1. The first kappa shape index (κ1) is 14.7. The zero-order valence-corrected chi connectivity index (χ0v) is 12.2. The number of anilines is 1. The van der Waals surface area contributed by atoms with Crippen LogP contribution < -0.4 is 5.32 Å². The molecule has 0 saturated carbocycles. The third kappa shape index (κ3) is 3.35. The maximum atomic E-state index is 12.1. The Morgan fingerprint density at radius 2 is 2.05 bits per heavy atom. The summed E-state index contributed by atoms with van der Waals surface area (Å²) in [6, 6.07) is 9.15. The largest absolute Gasteiger partial charge is 0.381 e. The Balaban J connectivity index is 1.63. The van der Waals surface area contributed by atoms with Gasteiger partial charge in [-0.3, -0.25) is 9.48 Å². The van der Waals surface area contributed by atoms with Crippen LogP contribution in [-0.4, -0.2) is 34.0 Å². The molecule has 0 radical (unpaired) electrons. The third-order valence-electron chi connectivity index (χ3n) is 3.80. The first-order chi connectivity index (χ1) is 10.7. The van der Waals surface area contributed by atoms with Crippen molar-refractivity contribution in [2.45, 2.75) is 25.0 Å². The summed E-state index contributed by atoms with van der Waals surface area (Å²) in [6.07, 6.45) is 4.05. The number of hydrogen-bond donors (Lipinski definition) is 2. The predicted molar refractivity (Wildman–Crippen MR) is 81.3 cm³/mol. The molecule has 1 aliphatic heterocycles. The number of carbonyl (C=O) groups is 1. The molecule has 2 heterocycles. The number of rotatable bonds is 4. The monoisotopic (exact) mass is 301 g/mol. The fourth-order valence-electron chi connectivity index (χ4n) is 2.55.